The number of alkyl halides is 5. The van der Waals surface area contributed by atoms with Crippen LogP contribution in [0.4, 0.5) is 27.9 Å². The molecule has 1 atom stereocenters. The lowest BCUT2D eigenvalue weighted by molar-refractivity contribution is -0.192. The number of carboxylic acid groups (broad SMARTS) is 1. The number of carbonyl (C=O) groups excluding carboxylic acids is 2. The summed E-state index contributed by atoms with van der Waals surface area (Å²) < 4.78 is 59.5. The molecule has 2 N–H and O–H groups in total. The Labute approximate surface area is 240 Å². The van der Waals surface area contributed by atoms with Crippen LogP contribution in [0.25, 0.3) is 11.0 Å². The van der Waals surface area contributed by atoms with E-state index in [1.807, 2.05) is 48.7 Å². The van der Waals surface area contributed by atoms with E-state index in [0.717, 1.165) is 29.7 Å². The SMILES string of the molecule is CC(C)/C=C(\C#N)C(=O)N1CCC[C@H]1Cn1c(NC(=O)c2ccc(C(F)F)s2)nc2ccccc21.O=C(O)C(F)(F)F. The van der Waals surface area contributed by atoms with Crippen molar-refractivity contribution in [2.75, 3.05) is 11.9 Å². The average Bonchev–Trinajstić information content (AvgIpc) is 3.66. The second-order valence-corrected chi connectivity index (χ2v) is 10.6. The first-order chi connectivity index (χ1) is 19.7. The van der Waals surface area contributed by atoms with Crippen molar-refractivity contribution >= 4 is 46.1 Å². The third kappa shape index (κ3) is 7.90. The molecule has 3 aromatic rings. The van der Waals surface area contributed by atoms with Crippen LogP contribution in [-0.4, -0.2) is 56.1 Å². The van der Waals surface area contributed by atoms with Crippen LogP contribution < -0.4 is 5.32 Å². The fourth-order valence-corrected chi connectivity index (χ4v) is 5.02. The fraction of sp³-hybridized carbons (Fsp3) is 0.370. The van der Waals surface area contributed by atoms with E-state index in [1.54, 1.807) is 11.0 Å². The van der Waals surface area contributed by atoms with E-state index in [9.17, 15) is 36.8 Å². The number of para-hydroxylation sites is 2. The van der Waals surface area contributed by atoms with Crippen molar-refractivity contribution in [1.82, 2.24) is 14.5 Å². The van der Waals surface area contributed by atoms with Gasteiger partial charge in [-0.25, -0.2) is 18.6 Å². The number of likely N-dealkylation sites (tertiary alicyclic amines) is 1. The molecular weight excluding hydrogens is 585 g/mol. The van der Waals surface area contributed by atoms with Gasteiger partial charge in [0.2, 0.25) is 5.95 Å². The average molecular weight is 612 g/mol. The van der Waals surface area contributed by atoms with E-state index in [0.29, 0.717) is 18.6 Å². The maximum absolute atomic E-state index is 13.1. The Hall–Kier alpha value is -4.32. The number of aliphatic carboxylic acids is 1. The highest BCUT2D eigenvalue weighted by molar-refractivity contribution is 7.14. The maximum Gasteiger partial charge on any atom is 0.490 e. The van der Waals surface area contributed by atoms with Crippen molar-refractivity contribution in [3.8, 4) is 6.07 Å². The van der Waals surface area contributed by atoms with E-state index in [1.165, 1.54) is 12.1 Å². The third-order valence-corrected chi connectivity index (χ3v) is 7.16. The van der Waals surface area contributed by atoms with Gasteiger partial charge in [-0.2, -0.15) is 18.4 Å². The van der Waals surface area contributed by atoms with E-state index in [2.05, 4.69) is 10.3 Å². The van der Waals surface area contributed by atoms with E-state index < -0.39 is 24.5 Å². The summed E-state index contributed by atoms with van der Waals surface area (Å²) in [6.45, 7) is 4.74. The Bertz CT molecular complexity index is 1520. The number of aromatic nitrogens is 2. The van der Waals surface area contributed by atoms with Gasteiger partial charge in [-0.15, -0.1) is 11.3 Å². The fourth-order valence-electron chi connectivity index (χ4n) is 4.26. The van der Waals surface area contributed by atoms with Crippen molar-refractivity contribution in [3.05, 3.63) is 57.8 Å². The summed E-state index contributed by atoms with van der Waals surface area (Å²) in [5.41, 5.74) is 1.57. The van der Waals surface area contributed by atoms with Crippen LogP contribution in [0, 0.1) is 17.2 Å². The number of hydrogen-bond donors (Lipinski definition) is 2. The molecule has 224 valence electrons. The van der Waals surface area contributed by atoms with Crippen LogP contribution >= 0.6 is 11.3 Å². The van der Waals surface area contributed by atoms with E-state index in [4.69, 9.17) is 9.90 Å². The first-order valence-electron chi connectivity index (χ1n) is 12.6. The minimum atomic E-state index is -5.08. The smallest absolute Gasteiger partial charge is 0.475 e. The zero-order valence-electron chi connectivity index (χ0n) is 22.4. The van der Waals surface area contributed by atoms with Gasteiger partial charge >= 0.3 is 12.1 Å². The molecule has 1 saturated heterocycles. The van der Waals surface area contributed by atoms with E-state index in [-0.39, 0.29) is 39.1 Å². The largest absolute Gasteiger partial charge is 0.490 e. The van der Waals surface area contributed by atoms with Crippen molar-refractivity contribution < 1.29 is 41.4 Å². The quantitative estimate of drug-likeness (QED) is 0.191. The number of fused-ring (bicyclic) bond motifs is 1. The first kappa shape index (κ1) is 32.2. The minimum Gasteiger partial charge on any atom is -0.475 e. The molecule has 1 aromatic carbocycles. The molecule has 0 unspecified atom stereocenters. The van der Waals surface area contributed by atoms with Gasteiger partial charge in [0.05, 0.1) is 26.8 Å². The third-order valence-electron chi connectivity index (χ3n) is 6.07. The molecule has 0 radical (unpaired) electrons. The number of rotatable bonds is 7. The highest BCUT2D eigenvalue weighted by Gasteiger charge is 2.38. The molecule has 0 saturated carbocycles. The number of benzene rings is 1. The number of carboxylic acids is 1. The molecule has 0 bridgehead atoms. The Balaban J connectivity index is 0.000000616. The predicted octanol–water partition coefficient (Wildman–Crippen LogP) is 6.02. The normalized spacial score (nSPS) is 15.5. The molecule has 1 fully saturated rings. The summed E-state index contributed by atoms with van der Waals surface area (Å²) in [7, 11) is 0. The molecule has 2 aromatic heterocycles. The molecule has 0 aliphatic carbocycles. The van der Waals surface area contributed by atoms with Gasteiger partial charge in [-0.3, -0.25) is 14.9 Å². The van der Waals surface area contributed by atoms with Crippen LogP contribution in [0.15, 0.2) is 48.0 Å². The Morgan fingerprint density at radius 1 is 1.21 bits per heavy atom. The predicted molar refractivity (Wildman–Crippen MR) is 144 cm³/mol. The molecule has 3 heterocycles. The summed E-state index contributed by atoms with van der Waals surface area (Å²) in [5.74, 6) is -3.23. The van der Waals surface area contributed by atoms with Crippen molar-refractivity contribution in [2.45, 2.75) is 51.9 Å². The van der Waals surface area contributed by atoms with Crippen molar-refractivity contribution in [3.63, 3.8) is 0 Å². The van der Waals surface area contributed by atoms with Gasteiger partial charge in [0, 0.05) is 13.1 Å². The van der Waals surface area contributed by atoms with Gasteiger partial charge < -0.3 is 14.6 Å². The highest BCUT2D eigenvalue weighted by Crippen LogP contribution is 2.29. The number of anilines is 1. The highest BCUT2D eigenvalue weighted by atomic mass is 32.1. The number of amides is 2. The number of nitrogens with one attached hydrogen (secondary N) is 1. The zero-order chi connectivity index (χ0) is 31.2. The number of nitriles is 1. The lowest BCUT2D eigenvalue weighted by Crippen LogP contribution is -2.39. The number of nitrogens with zero attached hydrogens (tertiary/aromatic N) is 4. The number of hydrogen-bond acceptors (Lipinski definition) is 6. The summed E-state index contributed by atoms with van der Waals surface area (Å²) in [6, 6.07) is 11.8. The van der Waals surface area contributed by atoms with Crippen molar-refractivity contribution in [2.24, 2.45) is 5.92 Å². The molecule has 9 nitrogen and oxygen atoms in total. The second kappa shape index (κ2) is 13.6. The summed E-state index contributed by atoms with van der Waals surface area (Å²) in [4.78, 5) is 41.1. The van der Waals surface area contributed by atoms with Crippen LogP contribution in [0.5, 0.6) is 0 Å². The summed E-state index contributed by atoms with van der Waals surface area (Å²) in [6.07, 6.45) is -4.50. The second-order valence-electron chi connectivity index (χ2n) is 9.53. The van der Waals surface area contributed by atoms with Crippen molar-refractivity contribution in [1.29, 1.82) is 5.26 Å². The number of halogens is 5. The number of carbonyl (C=O) groups is 3. The maximum atomic E-state index is 13.1. The lowest BCUT2D eigenvalue weighted by Gasteiger charge is -2.26. The van der Waals surface area contributed by atoms with Crippen LogP contribution in [0.1, 0.15) is 47.7 Å². The monoisotopic (exact) mass is 611 g/mol. The molecular formula is C27H26F5N5O4S. The molecule has 1 aliphatic heterocycles. The van der Waals surface area contributed by atoms with Gasteiger partial charge in [0.15, 0.2) is 0 Å². The van der Waals surface area contributed by atoms with Crippen LogP contribution in [-0.2, 0) is 16.1 Å². The number of allylic oxidation sites excluding steroid dienone is 1. The lowest BCUT2D eigenvalue weighted by atomic mass is 10.1. The Morgan fingerprint density at radius 2 is 1.88 bits per heavy atom. The standard InChI is InChI=1S/C25H25F2N5O2S.C2HF3O2/c1-15(2)12-16(13-28)24(34)31-11-5-6-17(31)14-32-19-8-4-3-7-18(19)29-25(32)30-23(33)21-10-9-20(35-21)22(26)27;3-2(4,5)1(6)7/h3-4,7-10,12,15,17,22H,5-6,11,14H2,1-2H3,(H,29,30,33);(H,6,7)/b16-12+;/t17-;/m0./s1. The summed E-state index contributed by atoms with van der Waals surface area (Å²) >= 11 is 0.740. The minimum absolute atomic E-state index is 0.0666. The summed E-state index contributed by atoms with van der Waals surface area (Å²) in [5, 5.41) is 19.4. The number of thiophene rings is 1. The topological polar surface area (TPSA) is 128 Å². The van der Waals surface area contributed by atoms with Crippen LogP contribution in [0.2, 0.25) is 0 Å². The van der Waals surface area contributed by atoms with Gasteiger partial charge in [-0.1, -0.05) is 32.1 Å². The Kier molecular flexibility index (Phi) is 10.4. The molecule has 42 heavy (non-hydrogen) atoms. The molecule has 0 spiro atoms. The molecule has 15 heteroatoms. The van der Waals surface area contributed by atoms with Gasteiger partial charge in [0.1, 0.15) is 11.6 Å². The Morgan fingerprint density at radius 3 is 2.45 bits per heavy atom. The number of imidazole rings is 1. The molecule has 2 amide bonds. The van der Waals surface area contributed by atoms with E-state index >= 15 is 0 Å². The molecule has 4 rings (SSSR count). The van der Waals surface area contributed by atoms with Gasteiger partial charge in [-0.05, 0) is 43.0 Å². The molecule has 1 aliphatic rings. The zero-order valence-corrected chi connectivity index (χ0v) is 23.2. The van der Waals surface area contributed by atoms with Gasteiger partial charge in [0.25, 0.3) is 18.2 Å². The van der Waals surface area contributed by atoms with Crippen LogP contribution in [0.3, 0.4) is 0 Å². The first-order valence-corrected chi connectivity index (χ1v) is 13.4.